The predicted octanol–water partition coefficient (Wildman–Crippen LogP) is 2.13. The number of pyridine rings is 1. The number of aromatic amines is 1. The Kier molecular flexibility index (Phi) is 4.93. The number of hydrogen-bond donors (Lipinski definition) is 2. The third-order valence-electron chi connectivity index (χ3n) is 4.24. The lowest BCUT2D eigenvalue weighted by molar-refractivity contribution is -0.0447. The molecule has 0 bridgehead atoms. The molecule has 0 spiro atoms. The number of carbonyl (C=O) groups is 1. The monoisotopic (exact) mass is 390 g/mol. The maximum Gasteiger partial charge on any atom is 0.511 e. The van der Waals surface area contributed by atoms with Gasteiger partial charge in [-0.15, -0.1) is 0 Å². The summed E-state index contributed by atoms with van der Waals surface area (Å²) < 4.78 is 59.8. The molecule has 0 aromatic carbocycles. The van der Waals surface area contributed by atoms with E-state index in [1.165, 1.54) is 4.72 Å². The standard InChI is InChI=1S/C15H17F3N4O3S/c16-15(17,18)26(24,25)21-5-2-1-3-7-22-9-10-4-6-19-13-12(10)11(8-20-13)14(22)23/h4,6,8,21H,1-3,5,7,9H2,(H,19,20). The second-order valence-electron chi connectivity index (χ2n) is 6.03. The van der Waals surface area contributed by atoms with Crippen molar-refractivity contribution in [3.8, 4) is 0 Å². The van der Waals surface area contributed by atoms with Crippen LogP contribution in [0.5, 0.6) is 0 Å². The van der Waals surface area contributed by atoms with Crippen molar-refractivity contribution in [3.63, 3.8) is 0 Å². The number of aromatic nitrogens is 2. The minimum atomic E-state index is -5.29. The first kappa shape index (κ1) is 18.6. The van der Waals surface area contributed by atoms with Crippen LogP contribution >= 0.6 is 0 Å². The van der Waals surface area contributed by atoms with Crippen molar-refractivity contribution in [1.82, 2.24) is 19.6 Å². The highest BCUT2D eigenvalue weighted by atomic mass is 32.2. The molecule has 2 N–H and O–H groups in total. The smallest absolute Gasteiger partial charge is 0.345 e. The predicted molar refractivity (Wildman–Crippen MR) is 87.7 cm³/mol. The van der Waals surface area contributed by atoms with Crippen LogP contribution in [0.4, 0.5) is 13.2 Å². The second-order valence-corrected chi connectivity index (χ2v) is 7.79. The molecular weight excluding hydrogens is 373 g/mol. The zero-order chi connectivity index (χ0) is 18.9. The number of nitrogens with zero attached hydrogens (tertiary/aromatic N) is 2. The molecule has 0 aliphatic carbocycles. The Morgan fingerprint density at radius 3 is 2.77 bits per heavy atom. The molecule has 3 heterocycles. The number of sulfonamides is 1. The van der Waals surface area contributed by atoms with Gasteiger partial charge in [-0.25, -0.2) is 18.1 Å². The molecule has 3 rings (SSSR count). The highest BCUT2D eigenvalue weighted by molar-refractivity contribution is 7.90. The van der Waals surface area contributed by atoms with Gasteiger partial charge in [0, 0.05) is 37.4 Å². The van der Waals surface area contributed by atoms with Crippen LogP contribution in [0.2, 0.25) is 0 Å². The topological polar surface area (TPSA) is 95.2 Å². The summed E-state index contributed by atoms with van der Waals surface area (Å²) in [4.78, 5) is 21.3. The SMILES string of the molecule is O=C1c2c[nH]c3nccc(c23)CN1CCCCCNS(=O)(=O)C(F)(F)F. The van der Waals surface area contributed by atoms with Crippen LogP contribution in [0.1, 0.15) is 35.2 Å². The summed E-state index contributed by atoms with van der Waals surface area (Å²) in [5, 5.41) is 0.829. The molecule has 7 nitrogen and oxygen atoms in total. The molecule has 0 saturated heterocycles. The summed E-state index contributed by atoms with van der Waals surface area (Å²) in [6.07, 6.45) is 4.61. The van der Waals surface area contributed by atoms with Crippen LogP contribution in [0.3, 0.4) is 0 Å². The zero-order valence-electron chi connectivity index (χ0n) is 13.6. The van der Waals surface area contributed by atoms with Gasteiger partial charge in [0.05, 0.1) is 5.56 Å². The molecule has 0 fully saturated rings. The Balaban J connectivity index is 1.47. The largest absolute Gasteiger partial charge is 0.511 e. The van der Waals surface area contributed by atoms with Crippen LogP contribution in [-0.4, -0.2) is 47.8 Å². The number of amides is 1. The van der Waals surface area contributed by atoms with Crippen LogP contribution < -0.4 is 4.72 Å². The van der Waals surface area contributed by atoms with Crippen LogP contribution in [0.15, 0.2) is 18.5 Å². The quantitative estimate of drug-likeness (QED) is 0.708. The molecular formula is C15H17F3N4O3S. The van der Waals surface area contributed by atoms with E-state index in [9.17, 15) is 26.4 Å². The van der Waals surface area contributed by atoms with Gasteiger partial charge in [0.25, 0.3) is 5.91 Å². The van der Waals surface area contributed by atoms with E-state index in [0.29, 0.717) is 37.1 Å². The van der Waals surface area contributed by atoms with Crippen molar-refractivity contribution in [3.05, 3.63) is 29.6 Å². The second kappa shape index (κ2) is 6.88. The fourth-order valence-corrected chi connectivity index (χ4v) is 3.52. The molecule has 2 aromatic heterocycles. The molecule has 0 radical (unpaired) electrons. The Hall–Kier alpha value is -2.14. The van der Waals surface area contributed by atoms with Crippen molar-refractivity contribution in [2.24, 2.45) is 0 Å². The van der Waals surface area contributed by atoms with E-state index in [1.807, 2.05) is 6.07 Å². The van der Waals surface area contributed by atoms with Gasteiger partial charge in [0.2, 0.25) is 0 Å². The maximum atomic E-state index is 12.5. The molecule has 11 heteroatoms. The Labute approximate surface area is 147 Å². The first-order chi connectivity index (χ1) is 12.2. The van der Waals surface area contributed by atoms with E-state index in [-0.39, 0.29) is 18.9 Å². The summed E-state index contributed by atoms with van der Waals surface area (Å²) >= 11 is 0. The van der Waals surface area contributed by atoms with Gasteiger partial charge < -0.3 is 9.88 Å². The van der Waals surface area contributed by atoms with E-state index < -0.39 is 15.5 Å². The van der Waals surface area contributed by atoms with Crippen molar-refractivity contribution < 1.29 is 26.4 Å². The van der Waals surface area contributed by atoms with Crippen molar-refractivity contribution in [2.75, 3.05) is 13.1 Å². The number of H-pyrrole nitrogens is 1. The lowest BCUT2D eigenvalue weighted by atomic mass is 10.0. The Morgan fingerprint density at radius 1 is 1.27 bits per heavy atom. The first-order valence-electron chi connectivity index (χ1n) is 8.01. The number of halogens is 3. The van der Waals surface area contributed by atoms with Gasteiger partial charge in [0.15, 0.2) is 0 Å². The number of nitrogens with one attached hydrogen (secondary N) is 2. The molecule has 142 valence electrons. The Morgan fingerprint density at radius 2 is 2.04 bits per heavy atom. The third-order valence-corrected chi connectivity index (χ3v) is 5.43. The number of hydrogen-bond acceptors (Lipinski definition) is 4. The zero-order valence-corrected chi connectivity index (χ0v) is 14.5. The van der Waals surface area contributed by atoms with E-state index in [0.717, 1.165) is 10.9 Å². The van der Waals surface area contributed by atoms with Crippen molar-refractivity contribution in [1.29, 1.82) is 0 Å². The highest BCUT2D eigenvalue weighted by Crippen LogP contribution is 2.28. The lowest BCUT2D eigenvalue weighted by Crippen LogP contribution is -2.37. The highest BCUT2D eigenvalue weighted by Gasteiger charge is 2.45. The van der Waals surface area contributed by atoms with Crippen molar-refractivity contribution in [2.45, 2.75) is 31.3 Å². The van der Waals surface area contributed by atoms with E-state index in [2.05, 4.69) is 9.97 Å². The summed E-state index contributed by atoms with van der Waals surface area (Å²) in [6, 6.07) is 1.85. The molecule has 2 aromatic rings. The third kappa shape index (κ3) is 3.54. The van der Waals surface area contributed by atoms with E-state index in [1.54, 1.807) is 17.3 Å². The van der Waals surface area contributed by atoms with Gasteiger partial charge in [-0.05, 0) is 24.5 Å². The van der Waals surface area contributed by atoms with Gasteiger partial charge in [-0.3, -0.25) is 4.79 Å². The average Bonchev–Trinajstić information content (AvgIpc) is 2.99. The fourth-order valence-electron chi connectivity index (χ4n) is 2.95. The molecule has 1 aliphatic heterocycles. The van der Waals surface area contributed by atoms with Gasteiger partial charge in [-0.1, -0.05) is 6.42 Å². The minimum absolute atomic E-state index is 0.116. The van der Waals surface area contributed by atoms with Gasteiger partial charge >= 0.3 is 15.5 Å². The summed E-state index contributed by atoms with van der Waals surface area (Å²) in [7, 11) is -5.29. The Bertz CT molecular complexity index is 924. The molecule has 0 saturated carbocycles. The molecule has 0 unspecified atom stereocenters. The summed E-state index contributed by atoms with van der Waals surface area (Å²) in [6.45, 7) is 0.603. The molecule has 1 aliphatic rings. The number of rotatable bonds is 7. The first-order valence-corrected chi connectivity index (χ1v) is 9.49. The summed E-state index contributed by atoms with van der Waals surface area (Å²) in [5.74, 6) is -0.116. The van der Waals surface area contributed by atoms with E-state index >= 15 is 0 Å². The lowest BCUT2D eigenvalue weighted by Gasteiger charge is -2.26. The minimum Gasteiger partial charge on any atom is -0.345 e. The van der Waals surface area contributed by atoms with Crippen LogP contribution in [-0.2, 0) is 16.6 Å². The normalized spacial score (nSPS) is 15.0. The van der Waals surface area contributed by atoms with Gasteiger partial charge in [-0.2, -0.15) is 13.2 Å². The summed E-state index contributed by atoms with van der Waals surface area (Å²) in [5.41, 5.74) is -3.07. The van der Waals surface area contributed by atoms with Crippen LogP contribution in [0, 0.1) is 0 Å². The van der Waals surface area contributed by atoms with Crippen LogP contribution in [0.25, 0.3) is 11.0 Å². The van der Waals surface area contributed by atoms with E-state index in [4.69, 9.17) is 0 Å². The fraction of sp³-hybridized carbons (Fsp3) is 0.467. The number of unbranched alkanes of at least 4 members (excludes halogenated alkanes) is 2. The molecule has 0 atom stereocenters. The molecule has 26 heavy (non-hydrogen) atoms. The average molecular weight is 390 g/mol. The van der Waals surface area contributed by atoms with Crippen molar-refractivity contribution >= 4 is 27.0 Å². The number of alkyl halides is 3. The number of carbonyl (C=O) groups excluding carboxylic acids is 1. The van der Waals surface area contributed by atoms with Gasteiger partial charge in [0.1, 0.15) is 5.65 Å². The molecule has 1 amide bonds. The maximum absolute atomic E-state index is 12.5.